The third-order valence-electron chi connectivity index (χ3n) is 4.70. The van der Waals surface area contributed by atoms with Gasteiger partial charge in [0.1, 0.15) is 0 Å². The van der Waals surface area contributed by atoms with Crippen molar-refractivity contribution in [3.63, 3.8) is 0 Å². The van der Waals surface area contributed by atoms with E-state index in [1.807, 2.05) is 6.07 Å². The van der Waals surface area contributed by atoms with E-state index in [1.165, 1.54) is 5.56 Å². The molecule has 1 aliphatic carbocycles. The molecule has 2 bridgehead atoms. The molecule has 0 unspecified atom stereocenters. The Hall–Kier alpha value is -1.13. The molecule has 0 radical (unpaired) electrons. The summed E-state index contributed by atoms with van der Waals surface area (Å²) in [5.41, 5.74) is 7.54. The zero-order valence-electron chi connectivity index (χ0n) is 11.5. The smallest absolute Gasteiger partial charge is 0.213 e. The second-order valence-corrected chi connectivity index (χ2v) is 6.04. The Morgan fingerprint density at radius 2 is 2.16 bits per heavy atom. The van der Waals surface area contributed by atoms with Crippen LogP contribution < -0.4 is 10.5 Å². The molecule has 104 valence electrons. The molecule has 19 heavy (non-hydrogen) atoms. The van der Waals surface area contributed by atoms with Crippen molar-refractivity contribution in [1.82, 2.24) is 4.98 Å². The summed E-state index contributed by atoms with van der Waals surface area (Å²) in [6.07, 6.45) is 8.29. The Labute approximate surface area is 114 Å². The van der Waals surface area contributed by atoms with Gasteiger partial charge < -0.3 is 15.2 Å². The molecule has 0 amide bonds. The number of methoxy groups -OCH3 is 1. The van der Waals surface area contributed by atoms with Crippen LogP contribution in [0.15, 0.2) is 18.3 Å². The molecule has 3 aliphatic rings. The van der Waals surface area contributed by atoms with Gasteiger partial charge in [0.25, 0.3) is 0 Å². The van der Waals surface area contributed by atoms with Crippen LogP contribution in [0.1, 0.15) is 37.7 Å². The first kappa shape index (κ1) is 12.9. The van der Waals surface area contributed by atoms with E-state index in [9.17, 15) is 0 Å². The molecule has 1 aromatic rings. The van der Waals surface area contributed by atoms with Crippen molar-refractivity contribution in [2.75, 3.05) is 13.7 Å². The van der Waals surface area contributed by atoms with Gasteiger partial charge in [0.2, 0.25) is 5.88 Å². The first-order valence-corrected chi connectivity index (χ1v) is 7.05. The van der Waals surface area contributed by atoms with Crippen molar-refractivity contribution in [3.05, 3.63) is 23.9 Å². The van der Waals surface area contributed by atoms with E-state index < -0.39 is 0 Å². The lowest BCUT2D eigenvalue weighted by Gasteiger charge is -2.51. The van der Waals surface area contributed by atoms with E-state index in [2.05, 4.69) is 11.1 Å². The molecular formula is C15H22N2O2. The monoisotopic (exact) mass is 262 g/mol. The van der Waals surface area contributed by atoms with Gasteiger partial charge in [-0.15, -0.1) is 0 Å². The van der Waals surface area contributed by atoms with Gasteiger partial charge in [-0.1, -0.05) is 0 Å². The van der Waals surface area contributed by atoms with Gasteiger partial charge in [0, 0.05) is 17.8 Å². The quantitative estimate of drug-likeness (QED) is 0.902. The average molecular weight is 262 g/mol. The Morgan fingerprint density at radius 1 is 1.37 bits per heavy atom. The molecule has 0 spiro atoms. The number of nitrogens with zero attached hydrogens (tertiary/aromatic N) is 1. The van der Waals surface area contributed by atoms with Crippen LogP contribution in [0.3, 0.4) is 0 Å². The number of fused-ring (bicyclic) bond motifs is 3. The van der Waals surface area contributed by atoms with E-state index in [-0.39, 0.29) is 11.1 Å². The third-order valence-corrected chi connectivity index (χ3v) is 4.70. The minimum absolute atomic E-state index is 0.0400. The highest BCUT2D eigenvalue weighted by molar-refractivity contribution is 5.21. The standard InChI is InChI=1S/C15H22N2O2/c1-18-13-10-12(3-9-17-13)2-4-15-7-5-14(16,6-8-15)11-19-15/h3,9-10H,2,4-8,11,16H2,1H3. The van der Waals surface area contributed by atoms with Crippen molar-refractivity contribution in [2.24, 2.45) is 5.73 Å². The Bertz CT molecular complexity index is 437. The molecular weight excluding hydrogens is 240 g/mol. The van der Waals surface area contributed by atoms with E-state index in [1.54, 1.807) is 13.3 Å². The predicted molar refractivity (Wildman–Crippen MR) is 73.2 cm³/mol. The fourth-order valence-electron chi connectivity index (χ4n) is 3.20. The fourth-order valence-corrected chi connectivity index (χ4v) is 3.20. The van der Waals surface area contributed by atoms with E-state index >= 15 is 0 Å². The lowest BCUT2D eigenvalue weighted by atomic mass is 9.70. The first-order valence-electron chi connectivity index (χ1n) is 7.05. The molecule has 4 nitrogen and oxygen atoms in total. The highest BCUT2D eigenvalue weighted by Gasteiger charge is 2.47. The van der Waals surface area contributed by atoms with Crippen LogP contribution in [0.2, 0.25) is 0 Å². The number of pyridine rings is 1. The Balaban J connectivity index is 1.63. The number of ether oxygens (including phenoxy) is 2. The summed E-state index contributed by atoms with van der Waals surface area (Å²) in [5.74, 6) is 0.684. The van der Waals surface area contributed by atoms with Crippen molar-refractivity contribution >= 4 is 0 Å². The maximum Gasteiger partial charge on any atom is 0.213 e. The summed E-state index contributed by atoms with van der Waals surface area (Å²) >= 11 is 0. The molecule has 4 rings (SSSR count). The number of aromatic nitrogens is 1. The zero-order valence-corrected chi connectivity index (χ0v) is 11.5. The summed E-state index contributed by atoms with van der Waals surface area (Å²) < 4.78 is 11.2. The van der Waals surface area contributed by atoms with Gasteiger partial charge >= 0.3 is 0 Å². The number of rotatable bonds is 4. The molecule has 2 N–H and O–H groups in total. The van der Waals surface area contributed by atoms with Crippen LogP contribution in [0.4, 0.5) is 0 Å². The van der Waals surface area contributed by atoms with E-state index in [0.717, 1.165) is 45.1 Å². The summed E-state index contributed by atoms with van der Waals surface area (Å²) in [6, 6.07) is 4.06. The average Bonchev–Trinajstić information content (AvgIpc) is 2.47. The largest absolute Gasteiger partial charge is 0.481 e. The van der Waals surface area contributed by atoms with Gasteiger partial charge in [-0.3, -0.25) is 0 Å². The number of hydrogen-bond acceptors (Lipinski definition) is 4. The number of aryl methyl sites for hydroxylation is 1. The minimum atomic E-state index is -0.0400. The van der Waals surface area contributed by atoms with Gasteiger partial charge in [0.05, 0.1) is 19.3 Å². The minimum Gasteiger partial charge on any atom is -0.481 e. The summed E-state index contributed by atoms with van der Waals surface area (Å²) in [5, 5.41) is 0. The normalized spacial score (nSPS) is 33.4. The lowest BCUT2D eigenvalue weighted by Crippen LogP contribution is -2.59. The SMILES string of the molecule is COc1cc(CCC23CCC(N)(CC2)CO3)ccn1. The molecule has 1 aromatic heterocycles. The molecule has 2 saturated heterocycles. The van der Waals surface area contributed by atoms with Crippen LogP contribution in [0.5, 0.6) is 5.88 Å². The lowest BCUT2D eigenvalue weighted by molar-refractivity contribution is -0.156. The molecule has 4 heteroatoms. The van der Waals surface area contributed by atoms with E-state index in [4.69, 9.17) is 15.2 Å². The maximum absolute atomic E-state index is 6.25. The topological polar surface area (TPSA) is 57.4 Å². The van der Waals surface area contributed by atoms with Gasteiger partial charge in [-0.2, -0.15) is 0 Å². The summed E-state index contributed by atoms with van der Waals surface area (Å²) in [7, 11) is 1.65. The Morgan fingerprint density at radius 3 is 2.79 bits per heavy atom. The number of nitrogens with two attached hydrogens (primary N) is 1. The third kappa shape index (κ3) is 2.60. The predicted octanol–water partition coefficient (Wildman–Crippen LogP) is 2.06. The Kier molecular flexibility index (Phi) is 3.23. The maximum atomic E-state index is 6.25. The van der Waals surface area contributed by atoms with Gasteiger partial charge in [-0.05, 0) is 50.2 Å². The van der Waals surface area contributed by atoms with Crippen LogP contribution in [0, 0.1) is 0 Å². The van der Waals surface area contributed by atoms with Crippen LogP contribution in [0.25, 0.3) is 0 Å². The highest BCUT2D eigenvalue weighted by Crippen LogP contribution is 2.44. The van der Waals surface area contributed by atoms with Crippen LogP contribution in [-0.4, -0.2) is 29.8 Å². The fraction of sp³-hybridized carbons (Fsp3) is 0.667. The van der Waals surface area contributed by atoms with Crippen molar-refractivity contribution in [1.29, 1.82) is 0 Å². The molecule has 2 aliphatic heterocycles. The van der Waals surface area contributed by atoms with Crippen LogP contribution >= 0.6 is 0 Å². The second kappa shape index (κ2) is 4.76. The number of hydrogen-bond donors (Lipinski definition) is 1. The molecule has 3 fully saturated rings. The molecule has 3 heterocycles. The molecule has 1 saturated carbocycles. The van der Waals surface area contributed by atoms with E-state index in [0.29, 0.717) is 5.88 Å². The first-order chi connectivity index (χ1) is 9.13. The molecule has 0 atom stereocenters. The van der Waals surface area contributed by atoms with Crippen LogP contribution in [-0.2, 0) is 11.2 Å². The second-order valence-electron chi connectivity index (χ2n) is 6.04. The summed E-state index contributed by atoms with van der Waals surface area (Å²) in [6.45, 7) is 0.729. The highest BCUT2D eigenvalue weighted by atomic mass is 16.5. The van der Waals surface area contributed by atoms with Gasteiger partial charge in [-0.25, -0.2) is 4.98 Å². The summed E-state index contributed by atoms with van der Waals surface area (Å²) in [4.78, 5) is 4.14. The molecule has 0 aromatic carbocycles. The zero-order chi connectivity index (χ0) is 13.3. The van der Waals surface area contributed by atoms with Gasteiger partial charge in [0.15, 0.2) is 0 Å². The van der Waals surface area contributed by atoms with Crippen molar-refractivity contribution < 1.29 is 9.47 Å². The van der Waals surface area contributed by atoms with Crippen molar-refractivity contribution in [2.45, 2.75) is 49.7 Å². The van der Waals surface area contributed by atoms with Crippen molar-refractivity contribution in [3.8, 4) is 5.88 Å².